The fraction of sp³-hybridized carbons (Fsp3) is 0.667. The number of aryl methyl sites for hydroxylation is 1. The van der Waals surface area contributed by atoms with Crippen LogP contribution in [0.15, 0.2) is 24.3 Å². The first-order valence-corrected chi connectivity index (χ1v) is 8.21. The summed E-state index contributed by atoms with van der Waals surface area (Å²) in [7, 11) is 0. The topological polar surface area (TPSA) is 29.5 Å². The zero-order valence-electron chi connectivity index (χ0n) is 12.5. The van der Waals surface area contributed by atoms with E-state index in [2.05, 4.69) is 12.1 Å². The summed E-state index contributed by atoms with van der Waals surface area (Å²) in [6, 6.07) is 8.30. The predicted octanol–water partition coefficient (Wildman–Crippen LogP) is 4.35. The highest BCUT2D eigenvalue weighted by atomic mass is 16.5. The Kier molecular flexibility index (Phi) is 6.93. The van der Waals surface area contributed by atoms with E-state index >= 15 is 0 Å². The molecule has 0 amide bonds. The molecule has 1 aromatic carbocycles. The molecule has 112 valence electrons. The summed E-state index contributed by atoms with van der Waals surface area (Å²) in [5, 5.41) is 8.81. The van der Waals surface area contributed by atoms with Crippen LogP contribution in [-0.4, -0.2) is 18.3 Å². The van der Waals surface area contributed by atoms with E-state index in [0.717, 1.165) is 31.1 Å². The van der Waals surface area contributed by atoms with Crippen molar-refractivity contribution < 1.29 is 9.84 Å². The van der Waals surface area contributed by atoms with Crippen LogP contribution in [0.2, 0.25) is 0 Å². The van der Waals surface area contributed by atoms with E-state index in [1.165, 1.54) is 50.5 Å². The van der Waals surface area contributed by atoms with Crippen molar-refractivity contribution in [2.45, 2.75) is 57.8 Å². The van der Waals surface area contributed by atoms with Gasteiger partial charge in [-0.05, 0) is 49.3 Å². The second kappa shape index (κ2) is 9.02. The van der Waals surface area contributed by atoms with Gasteiger partial charge >= 0.3 is 0 Å². The van der Waals surface area contributed by atoms with E-state index in [-0.39, 0.29) is 6.61 Å². The van der Waals surface area contributed by atoms with E-state index < -0.39 is 0 Å². The van der Waals surface area contributed by atoms with Crippen molar-refractivity contribution in [1.29, 1.82) is 0 Å². The highest BCUT2D eigenvalue weighted by Crippen LogP contribution is 2.27. The number of hydrogen-bond donors (Lipinski definition) is 1. The summed E-state index contributed by atoms with van der Waals surface area (Å²) in [6.45, 7) is 1.10. The number of benzene rings is 1. The van der Waals surface area contributed by atoms with E-state index in [4.69, 9.17) is 9.84 Å². The molecule has 2 rings (SSSR count). The highest BCUT2D eigenvalue weighted by molar-refractivity contribution is 5.27. The number of hydrogen-bond acceptors (Lipinski definition) is 2. The van der Waals surface area contributed by atoms with Crippen molar-refractivity contribution in [3.05, 3.63) is 29.8 Å². The first-order valence-electron chi connectivity index (χ1n) is 8.21. The minimum atomic E-state index is 0.263. The molecule has 2 nitrogen and oxygen atoms in total. The number of rotatable bonds is 8. The molecule has 0 atom stereocenters. The zero-order valence-corrected chi connectivity index (χ0v) is 12.5. The summed E-state index contributed by atoms with van der Waals surface area (Å²) >= 11 is 0. The molecule has 0 radical (unpaired) electrons. The molecule has 0 aliphatic heterocycles. The lowest BCUT2D eigenvalue weighted by molar-refractivity contribution is 0.269. The monoisotopic (exact) mass is 276 g/mol. The second-order valence-electron chi connectivity index (χ2n) is 5.97. The standard InChI is InChI=1S/C18H28O2/c19-14-4-8-17-10-12-18(13-11-17)20-15-5-9-16-6-2-1-3-7-16/h10-13,16,19H,1-9,14-15H2. The lowest BCUT2D eigenvalue weighted by Gasteiger charge is -2.21. The molecule has 0 heterocycles. The molecule has 2 heteroatoms. The van der Waals surface area contributed by atoms with E-state index in [1.807, 2.05) is 12.1 Å². The molecule has 0 aromatic heterocycles. The maximum Gasteiger partial charge on any atom is 0.119 e. The molecule has 0 saturated heterocycles. The van der Waals surface area contributed by atoms with Crippen LogP contribution in [0, 0.1) is 5.92 Å². The Hall–Kier alpha value is -1.02. The van der Waals surface area contributed by atoms with Crippen molar-refractivity contribution in [1.82, 2.24) is 0 Å². The van der Waals surface area contributed by atoms with Crippen LogP contribution >= 0.6 is 0 Å². The molecule has 0 unspecified atom stereocenters. The van der Waals surface area contributed by atoms with Crippen molar-refractivity contribution in [2.24, 2.45) is 5.92 Å². The smallest absolute Gasteiger partial charge is 0.119 e. The number of ether oxygens (including phenoxy) is 1. The average Bonchev–Trinajstić information content (AvgIpc) is 2.52. The van der Waals surface area contributed by atoms with Crippen LogP contribution in [0.25, 0.3) is 0 Å². The van der Waals surface area contributed by atoms with Gasteiger partial charge < -0.3 is 9.84 Å². The first kappa shape index (κ1) is 15.4. The van der Waals surface area contributed by atoms with Gasteiger partial charge in [-0.25, -0.2) is 0 Å². The third-order valence-electron chi connectivity index (χ3n) is 4.30. The summed E-state index contributed by atoms with van der Waals surface area (Å²) in [5.41, 5.74) is 1.27. The molecule has 0 bridgehead atoms. The van der Waals surface area contributed by atoms with Crippen LogP contribution in [0.1, 0.15) is 56.9 Å². The summed E-state index contributed by atoms with van der Waals surface area (Å²) in [4.78, 5) is 0. The Balaban J connectivity index is 1.61. The summed E-state index contributed by atoms with van der Waals surface area (Å²) in [6.07, 6.45) is 11.4. The lowest BCUT2D eigenvalue weighted by Crippen LogP contribution is -2.08. The van der Waals surface area contributed by atoms with Crippen LogP contribution in [0.5, 0.6) is 5.75 Å². The van der Waals surface area contributed by atoms with Gasteiger partial charge in [-0.3, -0.25) is 0 Å². The van der Waals surface area contributed by atoms with Crippen LogP contribution in [-0.2, 0) is 6.42 Å². The normalized spacial score (nSPS) is 16.2. The Morgan fingerprint density at radius 1 is 1.00 bits per heavy atom. The third-order valence-corrected chi connectivity index (χ3v) is 4.30. The van der Waals surface area contributed by atoms with Crippen LogP contribution < -0.4 is 4.74 Å². The number of aliphatic hydroxyl groups is 1. The van der Waals surface area contributed by atoms with Crippen LogP contribution in [0.4, 0.5) is 0 Å². The molecule has 1 N–H and O–H groups in total. The molecule has 0 spiro atoms. The summed E-state index contributed by atoms with van der Waals surface area (Å²) < 4.78 is 5.81. The Bertz CT molecular complexity index is 352. The highest BCUT2D eigenvalue weighted by Gasteiger charge is 2.12. The molecule has 1 fully saturated rings. The van der Waals surface area contributed by atoms with Crippen LogP contribution in [0.3, 0.4) is 0 Å². The fourth-order valence-electron chi connectivity index (χ4n) is 3.07. The zero-order chi connectivity index (χ0) is 14.0. The Morgan fingerprint density at radius 3 is 2.45 bits per heavy atom. The fourth-order valence-corrected chi connectivity index (χ4v) is 3.07. The SMILES string of the molecule is OCCCc1ccc(OCCCC2CCCCC2)cc1. The van der Waals surface area contributed by atoms with Gasteiger partial charge in [0, 0.05) is 6.61 Å². The minimum Gasteiger partial charge on any atom is -0.494 e. The Morgan fingerprint density at radius 2 is 1.75 bits per heavy atom. The third kappa shape index (κ3) is 5.54. The molecule has 1 aliphatic carbocycles. The van der Waals surface area contributed by atoms with Gasteiger partial charge in [0.2, 0.25) is 0 Å². The van der Waals surface area contributed by atoms with E-state index in [0.29, 0.717) is 0 Å². The van der Waals surface area contributed by atoms with Gasteiger partial charge in [0.1, 0.15) is 5.75 Å². The number of aliphatic hydroxyl groups excluding tert-OH is 1. The van der Waals surface area contributed by atoms with Gasteiger partial charge in [0.25, 0.3) is 0 Å². The Labute approximate surface area is 123 Å². The molecule has 20 heavy (non-hydrogen) atoms. The summed E-state index contributed by atoms with van der Waals surface area (Å²) in [5.74, 6) is 1.93. The molecule has 1 saturated carbocycles. The van der Waals surface area contributed by atoms with E-state index in [9.17, 15) is 0 Å². The maximum absolute atomic E-state index is 8.81. The minimum absolute atomic E-state index is 0.263. The maximum atomic E-state index is 8.81. The first-order chi connectivity index (χ1) is 9.88. The molecule has 1 aliphatic rings. The van der Waals surface area contributed by atoms with E-state index in [1.54, 1.807) is 0 Å². The van der Waals surface area contributed by atoms with Crippen molar-refractivity contribution >= 4 is 0 Å². The predicted molar refractivity (Wildman–Crippen MR) is 83.2 cm³/mol. The second-order valence-corrected chi connectivity index (χ2v) is 5.97. The van der Waals surface area contributed by atoms with Gasteiger partial charge in [-0.1, -0.05) is 44.2 Å². The van der Waals surface area contributed by atoms with Crippen molar-refractivity contribution in [2.75, 3.05) is 13.2 Å². The quantitative estimate of drug-likeness (QED) is 0.715. The molecular formula is C18H28O2. The lowest BCUT2D eigenvalue weighted by atomic mass is 9.86. The van der Waals surface area contributed by atoms with Gasteiger partial charge in [-0.15, -0.1) is 0 Å². The van der Waals surface area contributed by atoms with Gasteiger partial charge in [-0.2, -0.15) is 0 Å². The largest absolute Gasteiger partial charge is 0.494 e. The molecule has 1 aromatic rings. The van der Waals surface area contributed by atoms with Crippen molar-refractivity contribution in [3.63, 3.8) is 0 Å². The average molecular weight is 276 g/mol. The molecular weight excluding hydrogens is 248 g/mol. The van der Waals surface area contributed by atoms with Gasteiger partial charge in [0.05, 0.1) is 6.61 Å². The van der Waals surface area contributed by atoms with Gasteiger partial charge in [0.15, 0.2) is 0 Å². The van der Waals surface area contributed by atoms with Crippen molar-refractivity contribution in [3.8, 4) is 5.75 Å².